The zero-order chi connectivity index (χ0) is 24.0. The van der Waals surface area contributed by atoms with Crippen LogP contribution in [0.2, 0.25) is 0 Å². The van der Waals surface area contributed by atoms with E-state index in [2.05, 4.69) is 15.2 Å². The van der Waals surface area contributed by atoms with Crippen molar-refractivity contribution < 1.29 is 24.5 Å². The normalized spacial score (nSPS) is 17.0. The van der Waals surface area contributed by atoms with Crippen molar-refractivity contribution in [2.24, 2.45) is 16.5 Å². The summed E-state index contributed by atoms with van der Waals surface area (Å²) in [5.74, 6) is -0.999. The van der Waals surface area contributed by atoms with E-state index >= 15 is 0 Å². The first-order valence-electron chi connectivity index (χ1n) is 10.6. The number of hydrogen-bond donors (Lipinski definition) is 5. The van der Waals surface area contributed by atoms with E-state index in [0.29, 0.717) is 29.8 Å². The van der Waals surface area contributed by atoms with Crippen molar-refractivity contribution in [1.82, 2.24) is 5.32 Å². The van der Waals surface area contributed by atoms with E-state index < -0.39 is 17.9 Å². The molecule has 1 heterocycles. The van der Waals surface area contributed by atoms with Crippen LogP contribution in [0.25, 0.3) is 0 Å². The van der Waals surface area contributed by atoms with Gasteiger partial charge in [-0.05, 0) is 42.7 Å². The molecule has 1 unspecified atom stereocenters. The lowest BCUT2D eigenvalue weighted by molar-refractivity contribution is -0.138. The molecule has 1 amide bonds. The van der Waals surface area contributed by atoms with Crippen molar-refractivity contribution in [2.75, 3.05) is 25.1 Å². The van der Waals surface area contributed by atoms with Crippen LogP contribution in [0.4, 0.5) is 5.69 Å². The number of anilines is 1. The van der Waals surface area contributed by atoms with E-state index in [0.717, 1.165) is 17.8 Å². The van der Waals surface area contributed by atoms with Gasteiger partial charge in [-0.2, -0.15) is 4.99 Å². The van der Waals surface area contributed by atoms with E-state index in [9.17, 15) is 14.7 Å². The number of carboxylic acids is 1. The van der Waals surface area contributed by atoms with Crippen molar-refractivity contribution in [1.29, 1.82) is 0 Å². The summed E-state index contributed by atoms with van der Waals surface area (Å²) in [7, 11) is 1.58. The Labute approximate surface area is 191 Å². The number of β-amino-alcohol motifs (C(OH)–C–C–N with tert-alkyl or cyclic N) is 1. The number of aliphatic hydroxyl groups is 1. The molecular formula is C23H29N5O5. The molecule has 33 heavy (non-hydrogen) atoms. The lowest BCUT2D eigenvalue weighted by Crippen LogP contribution is -2.33. The van der Waals surface area contributed by atoms with E-state index in [4.69, 9.17) is 21.3 Å². The third kappa shape index (κ3) is 6.21. The molecule has 176 valence electrons. The summed E-state index contributed by atoms with van der Waals surface area (Å²) in [6.45, 7) is 1.55. The lowest BCUT2D eigenvalue weighted by Gasteiger charge is -2.23. The number of aliphatic imine (C=N–C) groups is 1. The highest BCUT2D eigenvalue weighted by Crippen LogP contribution is 2.31. The second-order valence-electron chi connectivity index (χ2n) is 7.85. The van der Waals surface area contributed by atoms with Crippen LogP contribution in [0, 0.1) is 0 Å². The molecule has 0 bridgehead atoms. The first kappa shape index (κ1) is 24.0. The van der Waals surface area contributed by atoms with Gasteiger partial charge >= 0.3 is 5.97 Å². The maximum absolute atomic E-state index is 12.5. The van der Waals surface area contributed by atoms with Gasteiger partial charge in [0.25, 0.3) is 5.91 Å². The number of carboxylic acid groups (broad SMARTS) is 1. The van der Waals surface area contributed by atoms with Crippen molar-refractivity contribution >= 4 is 23.5 Å². The summed E-state index contributed by atoms with van der Waals surface area (Å²) < 4.78 is 5.49. The van der Waals surface area contributed by atoms with Crippen LogP contribution in [-0.2, 0) is 17.8 Å². The van der Waals surface area contributed by atoms with Crippen molar-refractivity contribution in [3.63, 3.8) is 0 Å². The fourth-order valence-corrected chi connectivity index (χ4v) is 3.70. The number of carbonyl (C=O) groups excluding carboxylic acids is 1. The molecule has 0 aromatic heterocycles. The van der Waals surface area contributed by atoms with Gasteiger partial charge in [0.2, 0.25) is 0 Å². The summed E-state index contributed by atoms with van der Waals surface area (Å²) >= 11 is 0. The van der Waals surface area contributed by atoms with Crippen LogP contribution < -0.4 is 26.4 Å². The highest BCUT2D eigenvalue weighted by molar-refractivity contribution is 6.02. The van der Waals surface area contributed by atoms with Crippen LogP contribution in [-0.4, -0.2) is 60.4 Å². The maximum atomic E-state index is 12.5. The van der Waals surface area contributed by atoms with Gasteiger partial charge < -0.3 is 36.6 Å². The Kier molecular flexibility index (Phi) is 7.86. The van der Waals surface area contributed by atoms with Crippen molar-refractivity contribution in [2.45, 2.75) is 31.5 Å². The van der Waals surface area contributed by atoms with Crippen molar-refractivity contribution in [3.05, 3.63) is 59.2 Å². The van der Waals surface area contributed by atoms with Gasteiger partial charge in [-0.1, -0.05) is 18.2 Å². The number of nitrogens with two attached hydrogens (primary N) is 2. The molecule has 10 heteroatoms. The summed E-state index contributed by atoms with van der Waals surface area (Å²) in [5.41, 5.74) is 14.3. The number of aliphatic hydroxyl groups excluding tert-OH is 1. The zero-order valence-corrected chi connectivity index (χ0v) is 18.4. The quantitative estimate of drug-likeness (QED) is 0.281. The predicted octanol–water partition coefficient (Wildman–Crippen LogP) is 0.465. The number of benzene rings is 2. The molecule has 10 nitrogen and oxygen atoms in total. The fraction of sp³-hybridized carbons (Fsp3) is 0.348. The molecule has 0 aliphatic carbocycles. The smallest absolute Gasteiger partial charge is 0.320 e. The largest absolute Gasteiger partial charge is 0.496 e. The second kappa shape index (κ2) is 10.8. The predicted molar refractivity (Wildman–Crippen MR) is 124 cm³/mol. The molecule has 2 atom stereocenters. The summed E-state index contributed by atoms with van der Waals surface area (Å²) in [4.78, 5) is 29.3. The van der Waals surface area contributed by atoms with E-state index in [1.165, 1.54) is 0 Å². The van der Waals surface area contributed by atoms with Gasteiger partial charge in [-0.25, -0.2) is 0 Å². The Morgan fingerprint density at radius 2 is 2.00 bits per heavy atom. The maximum Gasteiger partial charge on any atom is 0.320 e. The van der Waals surface area contributed by atoms with E-state index in [1.54, 1.807) is 31.4 Å². The number of rotatable bonds is 8. The number of guanidine groups is 1. The Balaban J connectivity index is 1.67. The molecule has 2 aromatic carbocycles. The number of nitrogens with zero attached hydrogens (tertiary/aromatic N) is 2. The van der Waals surface area contributed by atoms with Crippen LogP contribution in [0.15, 0.2) is 47.5 Å². The number of nitrogens with one attached hydrogen (secondary N) is 1. The van der Waals surface area contributed by atoms with Gasteiger partial charge in [0.1, 0.15) is 11.8 Å². The molecule has 0 radical (unpaired) electrons. The number of amides is 1. The third-order valence-electron chi connectivity index (χ3n) is 5.47. The van der Waals surface area contributed by atoms with Crippen LogP contribution >= 0.6 is 0 Å². The minimum atomic E-state index is -1.09. The minimum Gasteiger partial charge on any atom is -0.496 e. The monoisotopic (exact) mass is 455 g/mol. The number of methoxy groups -OCH3 is 1. The van der Waals surface area contributed by atoms with Crippen molar-refractivity contribution in [3.8, 4) is 5.75 Å². The SMILES string of the molecule is COc1cccc(N2CCC(O)C2)c1CNC(N)=NC(=O)c1ccc(C[C@H](N)C(=O)O)cc1. The van der Waals surface area contributed by atoms with Gasteiger partial charge in [0, 0.05) is 36.4 Å². The Bertz CT molecular complexity index is 1020. The third-order valence-corrected chi connectivity index (χ3v) is 5.47. The molecule has 2 aromatic rings. The summed E-state index contributed by atoms with van der Waals surface area (Å²) in [5, 5.41) is 21.7. The summed E-state index contributed by atoms with van der Waals surface area (Å²) in [6, 6.07) is 11.1. The van der Waals surface area contributed by atoms with Gasteiger partial charge in [0.05, 0.1) is 13.2 Å². The number of ether oxygens (including phenoxy) is 1. The molecule has 1 aliphatic heterocycles. The Hall–Kier alpha value is -3.63. The minimum absolute atomic E-state index is 0.0460. The average molecular weight is 456 g/mol. The highest BCUT2D eigenvalue weighted by Gasteiger charge is 2.23. The standard InChI is InChI=1S/C23H29N5O5/c1-33-20-4-2-3-19(28-10-9-16(29)13-28)17(20)12-26-23(25)27-21(30)15-7-5-14(6-8-15)11-18(24)22(31)32/h2-8,16,18,29H,9-13,24H2,1H3,(H,31,32)(H3,25,26,27,30)/t16?,18-/m0/s1. The molecule has 1 aliphatic rings. The zero-order valence-electron chi connectivity index (χ0n) is 18.4. The summed E-state index contributed by atoms with van der Waals surface area (Å²) in [6.07, 6.45) is 0.488. The van der Waals surface area contributed by atoms with Gasteiger partial charge in [-0.15, -0.1) is 0 Å². The Morgan fingerprint density at radius 1 is 1.27 bits per heavy atom. The fourth-order valence-electron chi connectivity index (χ4n) is 3.70. The average Bonchev–Trinajstić information content (AvgIpc) is 3.23. The molecule has 7 N–H and O–H groups in total. The molecule has 0 spiro atoms. The first-order valence-corrected chi connectivity index (χ1v) is 10.6. The molecule has 0 saturated carbocycles. The number of hydrogen-bond acceptors (Lipinski definition) is 6. The van der Waals surface area contributed by atoms with Crippen LogP contribution in [0.3, 0.4) is 0 Å². The molecular weight excluding hydrogens is 426 g/mol. The Morgan fingerprint density at radius 3 is 2.61 bits per heavy atom. The molecule has 1 saturated heterocycles. The molecule has 1 fully saturated rings. The number of carbonyl (C=O) groups is 2. The lowest BCUT2D eigenvalue weighted by atomic mass is 10.0. The first-order chi connectivity index (χ1) is 15.8. The second-order valence-corrected chi connectivity index (χ2v) is 7.85. The van der Waals surface area contributed by atoms with E-state index in [1.807, 2.05) is 18.2 Å². The topological polar surface area (TPSA) is 164 Å². The van der Waals surface area contributed by atoms with Crippen LogP contribution in [0.5, 0.6) is 5.75 Å². The number of aliphatic carboxylic acids is 1. The van der Waals surface area contributed by atoms with E-state index in [-0.39, 0.29) is 25.0 Å². The van der Waals surface area contributed by atoms with Gasteiger partial charge in [-0.3, -0.25) is 9.59 Å². The van der Waals surface area contributed by atoms with Crippen LogP contribution in [0.1, 0.15) is 27.9 Å². The van der Waals surface area contributed by atoms with Gasteiger partial charge in [0.15, 0.2) is 5.96 Å². The molecule has 3 rings (SSSR count). The highest BCUT2D eigenvalue weighted by atomic mass is 16.5.